The van der Waals surface area contributed by atoms with Gasteiger partial charge in [-0.15, -0.1) is 0 Å². The highest BCUT2D eigenvalue weighted by atomic mass is 19.4. The van der Waals surface area contributed by atoms with Gasteiger partial charge in [0.05, 0.1) is 10.9 Å². The number of pyridine rings is 2. The first-order valence-corrected chi connectivity index (χ1v) is 10.4. The predicted octanol–water partition coefficient (Wildman–Crippen LogP) is 5.29. The normalized spacial score (nSPS) is 11.3. The number of alkyl halides is 3. The maximum Gasteiger partial charge on any atom is 0.417 e. The fraction of sp³-hybridized carbons (Fsp3) is 0.125. The van der Waals surface area contributed by atoms with Crippen molar-refractivity contribution in [2.24, 2.45) is 0 Å². The van der Waals surface area contributed by atoms with Gasteiger partial charge in [0.1, 0.15) is 11.6 Å². The number of para-hydroxylation sites is 2. The van der Waals surface area contributed by atoms with E-state index in [0.717, 1.165) is 6.07 Å². The number of rotatable bonds is 5. The lowest BCUT2D eigenvalue weighted by Gasteiger charge is -2.20. The maximum atomic E-state index is 14.0. The lowest BCUT2D eigenvalue weighted by atomic mass is 10.1. The van der Waals surface area contributed by atoms with E-state index in [9.17, 15) is 22.8 Å². The molecule has 0 aliphatic rings. The Morgan fingerprint density at radius 3 is 2.26 bits per heavy atom. The zero-order valence-electron chi connectivity index (χ0n) is 18.0. The number of benzene rings is 2. The highest BCUT2D eigenvalue weighted by Crippen LogP contribution is 2.36. The Morgan fingerprint density at radius 2 is 1.65 bits per heavy atom. The van der Waals surface area contributed by atoms with Gasteiger partial charge >= 0.3 is 12.2 Å². The fourth-order valence-corrected chi connectivity index (χ4v) is 3.52. The molecule has 0 aliphatic heterocycles. The van der Waals surface area contributed by atoms with Crippen LogP contribution >= 0.6 is 0 Å². The third kappa shape index (κ3) is 4.70. The van der Waals surface area contributed by atoms with Crippen molar-refractivity contribution >= 4 is 34.4 Å². The average Bonchev–Trinajstić information content (AvgIpc) is 2.79. The van der Waals surface area contributed by atoms with Crippen LogP contribution in [-0.4, -0.2) is 22.1 Å². The molecule has 4 aromatic rings. The summed E-state index contributed by atoms with van der Waals surface area (Å²) in [7, 11) is 0. The third-order valence-electron chi connectivity index (χ3n) is 4.91. The van der Waals surface area contributed by atoms with E-state index < -0.39 is 28.6 Å². The molecular formula is C24H20F3N5O2. The monoisotopic (exact) mass is 467 g/mol. The summed E-state index contributed by atoms with van der Waals surface area (Å²) in [6.45, 7) is 1.94. The zero-order chi connectivity index (χ0) is 24.3. The number of aromatic nitrogens is 2. The zero-order valence-corrected chi connectivity index (χ0v) is 18.0. The number of nitrogens with one attached hydrogen (secondary N) is 3. The van der Waals surface area contributed by atoms with E-state index in [-0.39, 0.29) is 23.8 Å². The van der Waals surface area contributed by atoms with Gasteiger partial charge in [-0.3, -0.25) is 14.7 Å². The van der Waals surface area contributed by atoms with Gasteiger partial charge in [-0.2, -0.15) is 13.2 Å². The van der Waals surface area contributed by atoms with Crippen molar-refractivity contribution in [3.05, 3.63) is 88.6 Å². The Bertz CT molecular complexity index is 1390. The van der Waals surface area contributed by atoms with Crippen molar-refractivity contribution in [3.63, 3.8) is 0 Å². The summed E-state index contributed by atoms with van der Waals surface area (Å²) < 4.78 is 43.5. The van der Waals surface area contributed by atoms with E-state index in [1.54, 1.807) is 61.5 Å². The number of hydrogen-bond acceptors (Lipinski definition) is 4. The molecule has 0 atom stereocenters. The number of urea groups is 1. The van der Waals surface area contributed by atoms with Crippen LogP contribution in [0.3, 0.4) is 0 Å². The molecule has 2 aromatic heterocycles. The van der Waals surface area contributed by atoms with Crippen molar-refractivity contribution in [2.45, 2.75) is 13.1 Å². The smallest absolute Gasteiger partial charge is 0.341 e. The lowest BCUT2D eigenvalue weighted by Crippen LogP contribution is -2.29. The second kappa shape index (κ2) is 9.26. The molecule has 0 unspecified atom stereocenters. The third-order valence-corrected chi connectivity index (χ3v) is 4.91. The van der Waals surface area contributed by atoms with Crippen LogP contribution < -0.4 is 21.4 Å². The number of halogens is 3. The largest absolute Gasteiger partial charge is 0.417 e. The summed E-state index contributed by atoms with van der Waals surface area (Å²) in [6.07, 6.45) is -4.86. The molecule has 0 fully saturated rings. The van der Waals surface area contributed by atoms with Crippen molar-refractivity contribution < 1.29 is 18.0 Å². The molecule has 10 heteroatoms. The van der Waals surface area contributed by atoms with Crippen LogP contribution in [0, 0.1) is 0 Å². The highest BCUT2D eigenvalue weighted by Gasteiger charge is 2.36. The van der Waals surface area contributed by atoms with Crippen LogP contribution in [0.2, 0.25) is 0 Å². The summed E-state index contributed by atoms with van der Waals surface area (Å²) >= 11 is 0. The van der Waals surface area contributed by atoms with Gasteiger partial charge in [0, 0.05) is 24.0 Å². The summed E-state index contributed by atoms with van der Waals surface area (Å²) in [5, 5.41) is 7.25. The molecule has 4 rings (SSSR count). The standard InChI is InChI=1S/C24H20F3N5O2/c1-2-28-23(34)31-19-13-17(24(25,26)27)21-18(33)14-20(29-15-9-5-3-6-10-15)32(22(21)30-19)16-11-7-4-8-12-16/h3-14,29H,2H2,1H3,(H2,28,30,31,34). The Balaban J connectivity index is 2.05. The van der Waals surface area contributed by atoms with E-state index in [1.165, 1.54) is 4.57 Å². The molecule has 0 saturated heterocycles. The molecule has 0 saturated carbocycles. The second-order valence-electron chi connectivity index (χ2n) is 7.29. The van der Waals surface area contributed by atoms with Gasteiger partial charge in [-0.05, 0) is 37.3 Å². The van der Waals surface area contributed by atoms with Crippen molar-refractivity contribution in [3.8, 4) is 5.69 Å². The van der Waals surface area contributed by atoms with Gasteiger partial charge in [-0.1, -0.05) is 36.4 Å². The first-order chi connectivity index (χ1) is 16.3. The van der Waals surface area contributed by atoms with Gasteiger partial charge in [-0.25, -0.2) is 9.78 Å². The van der Waals surface area contributed by atoms with Gasteiger partial charge in [0.15, 0.2) is 11.1 Å². The van der Waals surface area contributed by atoms with Crippen molar-refractivity contribution in [1.29, 1.82) is 0 Å². The van der Waals surface area contributed by atoms with Crippen LogP contribution in [0.15, 0.2) is 77.6 Å². The number of carbonyl (C=O) groups excluding carboxylic acids is 1. The van der Waals surface area contributed by atoms with E-state index in [1.807, 2.05) is 6.07 Å². The maximum absolute atomic E-state index is 14.0. The van der Waals surface area contributed by atoms with Crippen LogP contribution in [0.4, 0.5) is 35.3 Å². The number of hydrogen-bond donors (Lipinski definition) is 3. The second-order valence-corrected chi connectivity index (χ2v) is 7.29. The molecule has 0 radical (unpaired) electrons. The van der Waals surface area contributed by atoms with Gasteiger partial charge < -0.3 is 10.6 Å². The highest BCUT2D eigenvalue weighted by molar-refractivity contribution is 5.92. The summed E-state index contributed by atoms with van der Waals surface area (Å²) in [5.41, 5.74) is -1.20. The van der Waals surface area contributed by atoms with E-state index in [2.05, 4.69) is 20.9 Å². The molecule has 0 bridgehead atoms. The molecule has 0 spiro atoms. The molecular weight excluding hydrogens is 447 g/mol. The summed E-state index contributed by atoms with van der Waals surface area (Å²) in [5.74, 6) is -0.127. The SMILES string of the molecule is CCNC(=O)Nc1cc(C(F)(F)F)c2c(=O)cc(Nc3ccccc3)n(-c3ccccc3)c2n1. The van der Waals surface area contributed by atoms with Crippen molar-refractivity contribution in [2.75, 3.05) is 17.2 Å². The fourth-order valence-electron chi connectivity index (χ4n) is 3.52. The molecule has 0 aliphatic carbocycles. The number of amides is 2. The predicted molar refractivity (Wildman–Crippen MR) is 125 cm³/mol. The van der Waals surface area contributed by atoms with E-state index >= 15 is 0 Å². The molecule has 7 nitrogen and oxygen atoms in total. The molecule has 34 heavy (non-hydrogen) atoms. The first kappa shape index (κ1) is 22.8. The first-order valence-electron chi connectivity index (χ1n) is 10.4. The van der Waals surface area contributed by atoms with E-state index in [4.69, 9.17) is 0 Å². The van der Waals surface area contributed by atoms with Crippen molar-refractivity contribution in [1.82, 2.24) is 14.9 Å². The average molecular weight is 467 g/mol. The van der Waals surface area contributed by atoms with E-state index in [0.29, 0.717) is 17.4 Å². The number of nitrogens with zero attached hydrogens (tertiary/aromatic N) is 2. The van der Waals surface area contributed by atoms with Crippen LogP contribution in [0.25, 0.3) is 16.7 Å². The minimum Gasteiger partial charge on any atom is -0.341 e. The minimum atomic E-state index is -4.86. The lowest BCUT2D eigenvalue weighted by molar-refractivity contribution is -0.136. The molecule has 174 valence electrons. The van der Waals surface area contributed by atoms with Gasteiger partial charge in [0.25, 0.3) is 0 Å². The molecule has 2 heterocycles. The molecule has 2 amide bonds. The Kier molecular flexibility index (Phi) is 6.22. The number of fused-ring (bicyclic) bond motifs is 1. The Morgan fingerprint density at radius 1 is 1.00 bits per heavy atom. The summed E-state index contributed by atoms with van der Waals surface area (Å²) in [6, 6.07) is 18.5. The van der Waals surface area contributed by atoms with Gasteiger partial charge in [0.2, 0.25) is 0 Å². The Labute approximate surface area is 192 Å². The van der Waals surface area contributed by atoms with Crippen LogP contribution in [0.5, 0.6) is 0 Å². The molecule has 3 N–H and O–H groups in total. The minimum absolute atomic E-state index is 0.214. The summed E-state index contributed by atoms with van der Waals surface area (Å²) in [4.78, 5) is 29.3. The molecule has 2 aromatic carbocycles. The number of anilines is 3. The number of carbonyl (C=O) groups is 1. The van der Waals surface area contributed by atoms with Crippen LogP contribution in [0.1, 0.15) is 12.5 Å². The Hall–Kier alpha value is -4.34. The topological polar surface area (TPSA) is 88.0 Å². The van der Waals surface area contributed by atoms with Crippen LogP contribution in [-0.2, 0) is 6.18 Å². The quantitative estimate of drug-likeness (QED) is 0.372.